The zero-order valence-electron chi connectivity index (χ0n) is 14.2. The van der Waals surface area contributed by atoms with Crippen molar-refractivity contribution in [2.75, 3.05) is 18.1 Å². The first-order valence-corrected chi connectivity index (χ1v) is 10.1. The van der Waals surface area contributed by atoms with Gasteiger partial charge < -0.3 is 5.32 Å². The fourth-order valence-electron chi connectivity index (χ4n) is 2.29. The van der Waals surface area contributed by atoms with Gasteiger partial charge in [0.15, 0.2) is 0 Å². The number of sulfonamides is 1. The number of anilines is 1. The van der Waals surface area contributed by atoms with Crippen molar-refractivity contribution in [3.8, 4) is 0 Å². The van der Waals surface area contributed by atoms with Gasteiger partial charge in [-0.05, 0) is 35.7 Å². The van der Waals surface area contributed by atoms with Gasteiger partial charge in [-0.15, -0.1) is 0 Å². The molecule has 0 aliphatic carbocycles. The number of hydrogen-bond acceptors (Lipinski definition) is 3. The first-order valence-electron chi connectivity index (χ1n) is 7.87. The molecule has 0 radical (unpaired) electrons. The largest absolute Gasteiger partial charge is 0.325 e. The second kappa shape index (κ2) is 8.47. The van der Waals surface area contributed by atoms with E-state index in [4.69, 9.17) is 11.6 Å². The average molecular weight is 381 g/mol. The molecule has 0 aromatic heterocycles. The summed E-state index contributed by atoms with van der Waals surface area (Å²) < 4.78 is 25.1. The molecular weight excluding hydrogens is 360 g/mol. The van der Waals surface area contributed by atoms with E-state index >= 15 is 0 Å². The maximum atomic E-state index is 12.2. The van der Waals surface area contributed by atoms with E-state index in [-0.39, 0.29) is 13.1 Å². The van der Waals surface area contributed by atoms with Crippen LogP contribution >= 0.6 is 11.6 Å². The SMILES string of the molecule is CCc1ccc(NC(=O)CN(Cc2ccccc2Cl)S(C)(=O)=O)cc1. The van der Waals surface area contributed by atoms with Gasteiger partial charge in [-0.3, -0.25) is 4.79 Å². The van der Waals surface area contributed by atoms with Crippen LogP contribution in [0, 0.1) is 0 Å². The first-order chi connectivity index (χ1) is 11.8. The molecule has 2 aromatic carbocycles. The van der Waals surface area contributed by atoms with Crippen LogP contribution in [0.15, 0.2) is 48.5 Å². The van der Waals surface area contributed by atoms with Gasteiger partial charge in [0.1, 0.15) is 0 Å². The molecule has 0 spiro atoms. The van der Waals surface area contributed by atoms with E-state index in [1.807, 2.05) is 19.1 Å². The third-order valence-electron chi connectivity index (χ3n) is 3.74. The van der Waals surface area contributed by atoms with Gasteiger partial charge in [-0.1, -0.05) is 48.9 Å². The minimum absolute atomic E-state index is 0.0424. The molecule has 0 fully saturated rings. The van der Waals surface area contributed by atoms with Gasteiger partial charge in [-0.2, -0.15) is 4.31 Å². The van der Waals surface area contributed by atoms with Crippen LogP contribution in [0.4, 0.5) is 5.69 Å². The van der Waals surface area contributed by atoms with Gasteiger partial charge in [0.2, 0.25) is 15.9 Å². The molecule has 0 bridgehead atoms. The molecule has 134 valence electrons. The zero-order chi connectivity index (χ0) is 18.4. The van der Waals surface area contributed by atoms with Gasteiger partial charge in [0.05, 0.1) is 12.8 Å². The topological polar surface area (TPSA) is 66.5 Å². The average Bonchev–Trinajstić information content (AvgIpc) is 2.56. The molecular formula is C18H21ClN2O3S. The standard InChI is InChI=1S/C18H21ClN2O3S/c1-3-14-8-10-16(11-9-14)20-18(22)13-21(25(2,23)24)12-15-6-4-5-7-17(15)19/h4-11H,3,12-13H2,1-2H3,(H,20,22). The van der Waals surface area contributed by atoms with Crippen LogP contribution in [0.25, 0.3) is 0 Å². The predicted octanol–water partition coefficient (Wildman–Crippen LogP) is 3.30. The Labute approximate surface area is 153 Å². The van der Waals surface area contributed by atoms with Gasteiger partial charge in [-0.25, -0.2) is 8.42 Å². The van der Waals surface area contributed by atoms with Crippen LogP contribution in [-0.2, 0) is 27.8 Å². The number of amides is 1. The number of aryl methyl sites for hydroxylation is 1. The summed E-state index contributed by atoms with van der Waals surface area (Å²) in [5, 5.41) is 3.18. The fourth-order valence-corrected chi connectivity index (χ4v) is 3.21. The molecule has 2 rings (SSSR count). The maximum absolute atomic E-state index is 12.2. The van der Waals surface area contributed by atoms with Crippen LogP contribution in [0.1, 0.15) is 18.1 Å². The summed E-state index contributed by atoms with van der Waals surface area (Å²) in [5.74, 6) is -0.401. The van der Waals surface area contributed by atoms with E-state index < -0.39 is 15.9 Å². The second-order valence-electron chi connectivity index (χ2n) is 5.72. The molecule has 0 aliphatic rings. The Hall–Kier alpha value is -1.89. The van der Waals surface area contributed by atoms with Gasteiger partial charge in [0.25, 0.3) is 0 Å². The number of nitrogens with zero attached hydrogens (tertiary/aromatic N) is 1. The second-order valence-corrected chi connectivity index (χ2v) is 8.11. The number of halogens is 1. The van der Waals surface area contributed by atoms with E-state index in [9.17, 15) is 13.2 Å². The lowest BCUT2D eigenvalue weighted by Crippen LogP contribution is -2.37. The highest BCUT2D eigenvalue weighted by Gasteiger charge is 2.21. The van der Waals surface area contributed by atoms with E-state index in [2.05, 4.69) is 5.32 Å². The van der Waals surface area contributed by atoms with E-state index in [1.165, 1.54) is 0 Å². The minimum atomic E-state index is -3.56. The van der Waals surface area contributed by atoms with Crippen molar-refractivity contribution in [1.29, 1.82) is 0 Å². The summed E-state index contributed by atoms with van der Waals surface area (Å²) in [4.78, 5) is 12.2. The van der Waals surface area contributed by atoms with E-state index in [1.54, 1.807) is 36.4 Å². The van der Waals surface area contributed by atoms with Crippen molar-refractivity contribution in [2.45, 2.75) is 19.9 Å². The Morgan fingerprint density at radius 3 is 2.32 bits per heavy atom. The number of hydrogen-bond donors (Lipinski definition) is 1. The molecule has 5 nitrogen and oxygen atoms in total. The highest BCUT2D eigenvalue weighted by atomic mass is 35.5. The molecule has 25 heavy (non-hydrogen) atoms. The maximum Gasteiger partial charge on any atom is 0.239 e. The van der Waals surface area contributed by atoms with Crippen LogP contribution < -0.4 is 5.32 Å². The van der Waals surface area contributed by atoms with Crippen molar-refractivity contribution >= 4 is 33.2 Å². The highest BCUT2D eigenvalue weighted by molar-refractivity contribution is 7.88. The number of benzene rings is 2. The Balaban J connectivity index is 2.08. The monoisotopic (exact) mass is 380 g/mol. The molecule has 2 aromatic rings. The van der Waals surface area contributed by atoms with Crippen molar-refractivity contribution < 1.29 is 13.2 Å². The van der Waals surface area contributed by atoms with E-state index in [0.29, 0.717) is 16.3 Å². The van der Waals surface area contributed by atoms with E-state index in [0.717, 1.165) is 22.5 Å². The number of nitrogens with one attached hydrogen (secondary N) is 1. The van der Waals surface area contributed by atoms with Gasteiger partial charge in [0, 0.05) is 17.3 Å². The Morgan fingerprint density at radius 2 is 1.76 bits per heavy atom. The quantitative estimate of drug-likeness (QED) is 0.801. The molecule has 0 unspecified atom stereocenters. The molecule has 0 heterocycles. The molecule has 0 aliphatic heterocycles. The minimum Gasteiger partial charge on any atom is -0.325 e. The highest BCUT2D eigenvalue weighted by Crippen LogP contribution is 2.18. The zero-order valence-corrected chi connectivity index (χ0v) is 15.8. The van der Waals surface area contributed by atoms with Crippen molar-refractivity contribution in [3.63, 3.8) is 0 Å². The Morgan fingerprint density at radius 1 is 1.12 bits per heavy atom. The van der Waals surface area contributed by atoms with Crippen LogP contribution in [-0.4, -0.2) is 31.4 Å². The van der Waals surface area contributed by atoms with Crippen molar-refractivity contribution in [1.82, 2.24) is 4.31 Å². The van der Waals surface area contributed by atoms with Crippen LogP contribution in [0.2, 0.25) is 5.02 Å². The van der Waals surface area contributed by atoms with Crippen LogP contribution in [0.3, 0.4) is 0 Å². The lowest BCUT2D eigenvalue weighted by molar-refractivity contribution is -0.116. The normalized spacial score (nSPS) is 11.5. The molecule has 0 saturated carbocycles. The summed E-state index contributed by atoms with van der Waals surface area (Å²) in [5.41, 5.74) is 2.44. The molecule has 1 amide bonds. The van der Waals surface area contributed by atoms with Crippen molar-refractivity contribution in [3.05, 3.63) is 64.7 Å². The third kappa shape index (κ3) is 5.85. The molecule has 0 atom stereocenters. The molecule has 1 N–H and O–H groups in total. The third-order valence-corrected chi connectivity index (χ3v) is 5.30. The van der Waals surface area contributed by atoms with Crippen molar-refractivity contribution in [2.24, 2.45) is 0 Å². The summed E-state index contributed by atoms with van der Waals surface area (Å²) in [6, 6.07) is 14.4. The number of carbonyl (C=O) groups excluding carboxylic acids is 1. The summed E-state index contributed by atoms with van der Waals surface area (Å²) in [7, 11) is -3.56. The summed E-state index contributed by atoms with van der Waals surface area (Å²) >= 11 is 6.09. The van der Waals surface area contributed by atoms with Crippen LogP contribution in [0.5, 0.6) is 0 Å². The fraction of sp³-hybridized carbons (Fsp3) is 0.278. The smallest absolute Gasteiger partial charge is 0.239 e. The van der Waals surface area contributed by atoms with Gasteiger partial charge >= 0.3 is 0 Å². The number of rotatable bonds is 7. The Kier molecular flexibility index (Phi) is 6.58. The Bertz CT molecular complexity index is 836. The lowest BCUT2D eigenvalue weighted by Gasteiger charge is -2.20. The molecule has 7 heteroatoms. The first kappa shape index (κ1) is 19.4. The number of carbonyl (C=O) groups is 1. The lowest BCUT2D eigenvalue weighted by atomic mass is 10.1. The summed E-state index contributed by atoms with van der Waals surface area (Å²) in [6.07, 6.45) is 1.99. The molecule has 0 saturated heterocycles. The predicted molar refractivity (Wildman–Crippen MR) is 101 cm³/mol. The summed E-state index contributed by atoms with van der Waals surface area (Å²) in [6.45, 7) is 1.81.